The van der Waals surface area contributed by atoms with Crippen molar-refractivity contribution in [3.8, 4) is 16.9 Å². The molecule has 0 aliphatic carbocycles. The molecule has 1 atom stereocenters. The average Bonchev–Trinajstić information content (AvgIpc) is 3.25. The Morgan fingerprint density at radius 2 is 1.84 bits per heavy atom. The standard InChI is InChI=1S/C25H24N6O/c26-10-19-13-30-31-25-6-5-16(9-23(19)25)17-8-21(14-28-11-17)32-15-20(27)7-18-12-29-24-4-2-1-3-22(18)24/h1-6,8-9,11-14,20,29H,7,10,15,26-27H2/t20-/m0/s1. The van der Waals surface area contributed by atoms with Gasteiger partial charge in [0.2, 0.25) is 0 Å². The summed E-state index contributed by atoms with van der Waals surface area (Å²) in [7, 11) is 0. The van der Waals surface area contributed by atoms with E-state index in [1.54, 1.807) is 12.4 Å². The van der Waals surface area contributed by atoms with Crippen LogP contribution in [0.2, 0.25) is 0 Å². The highest BCUT2D eigenvalue weighted by Crippen LogP contribution is 2.27. The van der Waals surface area contributed by atoms with Crippen molar-refractivity contribution in [3.63, 3.8) is 0 Å². The minimum atomic E-state index is -0.135. The lowest BCUT2D eigenvalue weighted by molar-refractivity contribution is 0.287. The molecular formula is C25H24N6O. The van der Waals surface area contributed by atoms with Gasteiger partial charge in [0.15, 0.2) is 0 Å². The van der Waals surface area contributed by atoms with Gasteiger partial charge in [-0.3, -0.25) is 4.98 Å². The molecule has 0 bridgehead atoms. The smallest absolute Gasteiger partial charge is 0.138 e. The zero-order valence-electron chi connectivity index (χ0n) is 17.5. The molecule has 0 saturated heterocycles. The lowest BCUT2D eigenvalue weighted by Crippen LogP contribution is -2.30. The first-order chi connectivity index (χ1) is 15.7. The molecule has 0 unspecified atom stereocenters. The van der Waals surface area contributed by atoms with E-state index in [0.29, 0.717) is 18.9 Å². The molecule has 0 spiro atoms. The van der Waals surface area contributed by atoms with E-state index in [0.717, 1.165) is 39.5 Å². The molecule has 0 radical (unpaired) electrons. The second-order valence-corrected chi connectivity index (χ2v) is 7.85. The molecule has 7 nitrogen and oxygen atoms in total. The average molecular weight is 425 g/mol. The zero-order valence-corrected chi connectivity index (χ0v) is 17.5. The highest BCUT2D eigenvalue weighted by molar-refractivity contribution is 5.86. The molecule has 5 aromatic rings. The third-order valence-electron chi connectivity index (χ3n) is 5.61. The highest BCUT2D eigenvalue weighted by Gasteiger charge is 2.11. The summed E-state index contributed by atoms with van der Waals surface area (Å²) in [6.45, 7) is 0.806. The van der Waals surface area contributed by atoms with Crippen molar-refractivity contribution in [3.05, 3.63) is 84.4 Å². The summed E-state index contributed by atoms with van der Waals surface area (Å²) in [4.78, 5) is 7.65. The van der Waals surface area contributed by atoms with Gasteiger partial charge in [-0.1, -0.05) is 24.3 Å². The van der Waals surface area contributed by atoms with Crippen LogP contribution in [0.3, 0.4) is 0 Å². The molecule has 5 rings (SSSR count). The van der Waals surface area contributed by atoms with Gasteiger partial charge in [-0.25, -0.2) is 0 Å². The maximum atomic E-state index is 6.36. The van der Waals surface area contributed by atoms with E-state index in [9.17, 15) is 0 Å². The third kappa shape index (κ3) is 4.03. The monoisotopic (exact) mass is 424 g/mol. The quantitative estimate of drug-likeness (QED) is 0.368. The van der Waals surface area contributed by atoms with Crippen LogP contribution in [0.25, 0.3) is 32.9 Å². The van der Waals surface area contributed by atoms with Gasteiger partial charge in [0.05, 0.1) is 17.9 Å². The van der Waals surface area contributed by atoms with Crippen LogP contribution in [0.5, 0.6) is 5.75 Å². The molecule has 3 heterocycles. The fraction of sp³-hybridized carbons (Fsp3) is 0.160. The highest BCUT2D eigenvalue weighted by atomic mass is 16.5. The van der Waals surface area contributed by atoms with Gasteiger partial charge in [0, 0.05) is 46.8 Å². The lowest BCUT2D eigenvalue weighted by Gasteiger charge is -2.13. The Kier molecular flexibility index (Phi) is 5.49. The molecule has 0 aliphatic heterocycles. The number of nitrogens with two attached hydrogens (primary N) is 2. The number of nitrogens with one attached hydrogen (secondary N) is 1. The molecule has 0 saturated carbocycles. The van der Waals surface area contributed by atoms with Gasteiger partial charge >= 0.3 is 0 Å². The summed E-state index contributed by atoms with van der Waals surface area (Å²) in [5.41, 5.74) is 18.3. The Bertz CT molecular complexity index is 1380. The van der Waals surface area contributed by atoms with Crippen molar-refractivity contribution < 1.29 is 4.74 Å². The Labute approximate surface area is 185 Å². The lowest BCUT2D eigenvalue weighted by atomic mass is 10.0. The fourth-order valence-corrected chi connectivity index (χ4v) is 3.95. The number of aromatic amines is 1. The topological polar surface area (TPSA) is 116 Å². The maximum Gasteiger partial charge on any atom is 0.138 e. The second-order valence-electron chi connectivity index (χ2n) is 7.85. The zero-order chi connectivity index (χ0) is 21.9. The summed E-state index contributed by atoms with van der Waals surface area (Å²) in [5, 5.41) is 10.4. The van der Waals surface area contributed by atoms with Crippen LogP contribution in [-0.2, 0) is 13.0 Å². The van der Waals surface area contributed by atoms with Crippen LogP contribution in [0, 0.1) is 0 Å². The van der Waals surface area contributed by atoms with Crippen molar-refractivity contribution >= 4 is 21.8 Å². The third-order valence-corrected chi connectivity index (χ3v) is 5.61. The second kappa shape index (κ2) is 8.74. The minimum absolute atomic E-state index is 0.135. The van der Waals surface area contributed by atoms with E-state index in [1.165, 1.54) is 10.9 Å². The summed E-state index contributed by atoms with van der Waals surface area (Å²) < 4.78 is 5.98. The van der Waals surface area contributed by atoms with E-state index in [-0.39, 0.29) is 6.04 Å². The van der Waals surface area contributed by atoms with Gasteiger partial charge in [-0.15, -0.1) is 0 Å². The Morgan fingerprint density at radius 3 is 2.75 bits per heavy atom. The van der Waals surface area contributed by atoms with E-state index in [1.807, 2.05) is 42.7 Å². The maximum absolute atomic E-state index is 6.36. The first-order valence-electron chi connectivity index (χ1n) is 10.5. The molecule has 7 heteroatoms. The number of ether oxygens (including phenoxy) is 1. The number of rotatable bonds is 7. The molecule has 0 fully saturated rings. The van der Waals surface area contributed by atoms with Crippen LogP contribution in [0.4, 0.5) is 0 Å². The summed E-state index contributed by atoms with van der Waals surface area (Å²) in [6, 6.07) is 16.1. The Morgan fingerprint density at radius 1 is 0.938 bits per heavy atom. The van der Waals surface area contributed by atoms with Gasteiger partial charge in [-0.2, -0.15) is 10.2 Å². The van der Waals surface area contributed by atoms with Crippen molar-refractivity contribution in [2.45, 2.75) is 19.0 Å². The van der Waals surface area contributed by atoms with Gasteiger partial charge in [0.1, 0.15) is 12.4 Å². The number of para-hydroxylation sites is 1. The predicted molar refractivity (Wildman–Crippen MR) is 126 cm³/mol. The van der Waals surface area contributed by atoms with Crippen LogP contribution in [0.1, 0.15) is 11.1 Å². The van der Waals surface area contributed by atoms with E-state index >= 15 is 0 Å². The van der Waals surface area contributed by atoms with Crippen molar-refractivity contribution in [1.82, 2.24) is 20.2 Å². The van der Waals surface area contributed by atoms with Crippen molar-refractivity contribution in [1.29, 1.82) is 0 Å². The Balaban J connectivity index is 1.30. The van der Waals surface area contributed by atoms with Crippen LogP contribution in [-0.4, -0.2) is 32.8 Å². The van der Waals surface area contributed by atoms with Crippen molar-refractivity contribution in [2.75, 3.05) is 6.61 Å². The van der Waals surface area contributed by atoms with Gasteiger partial charge < -0.3 is 21.2 Å². The molecule has 3 aromatic heterocycles. The van der Waals surface area contributed by atoms with E-state index in [4.69, 9.17) is 16.2 Å². The molecule has 0 aliphatic rings. The first-order valence-corrected chi connectivity index (χ1v) is 10.5. The first kappa shape index (κ1) is 20.1. The molecule has 32 heavy (non-hydrogen) atoms. The van der Waals surface area contributed by atoms with Crippen LogP contribution in [0.15, 0.2) is 73.3 Å². The van der Waals surface area contributed by atoms with Gasteiger partial charge in [0.25, 0.3) is 0 Å². The van der Waals surface area contributed by atoms with Crippen LogP contribution >= 0.6 is 0 Å². The molecule has 2 aromatic carbocycles. The number of fused-ring (bicyclic) bond motifs is 2. The number of aromatic nitrogens is 4. The van der Waals surface area contributed by atoms with Gasteiger partial charge in [-0.05, 0) is 47.4 Å². The molecule has 5 N–H and O–H groups in total. The summed E-state index contributed by atoms with van der Waals surface area (Å²) in [6.07, 6.45) is 7.98. The Hall–Kier alpha value is -3.81. The SMILES string of the molecule is NCc1cnnc2ccc(-c3cncc(OC[C@@H](N)Cc4c[nH]c5ccccc45)c3)cc12. The number of hydrogen-bond acceptors (Lipinski definition) is 6. The molecule has 0 amide bonds. The molecular weight excluding hydrogens is 400 g/mol. The number of pyridine rings is 1. The number of H-pyrrole nitrogens is 1. The summed E-state index contributed by atoms with van der Waals surface area (Å²) >= 11 is 0. The fourth-order valence-electron chi connectivity index (χ4n) is 3.95. The largest absolute Gasteiger partial charge is 0.490 e. The predicted octanol–water partition coefficient (Wildman–Crippen LogP) is 3.58. The normalized spacial score (nSPS) is 12.3. The van der Waals surface area contributed by atoms with E-state index in [2.05, 4.69) is 38.4 Å². The number of benzene rings is 2. The van der Waals surface area contributed by atoms with E-state index < -0.39 is 0 Å². The summed E-state index contributed by atoms with van der Waals surface area (Å²) in [5.74, 6) is 0.684. The van der Waals surface area contributed by atoms with Crippen LogP contribution < -0.4 is 16.2 Å². The molecule has 160 valence electrons. The van der Waals surface area contributed by atoms with Crippen molar-refractivity contribution in [2.24, 2.45) is 11.5 Å². The minimum Gasteiger partial charge on any atom is -0.490 e. The number of nitrogens with zero attached hydrogens (tertiary/aromatic N) is 3. The number of hydrogen-bond donors (Lipinski definition) is 3.